The van der Waals surface area contributed by atoms with Crippen LogP contribution in [-0.4, -0.2) is 25.8 Å². The summed E-state index contributed by atoms with van der Waals surface area (Å²) in [4.78, 5) is 16.7. The molecule has 136 valence electrons. The van der Waals surface area contributed by atoms with E-state index in [4.69, 9.17) is 17.3 Å². The predicted molar refractivity (Wildman–Crippen MR) is 102 cm³/mol. The SMILES string of the molecule is CC1=C(C(N)=O)C(c2ccc(Cl)cc2)n2nc(-c3cccc(O)c3)nc2N1. The number of rotatable bonds is 3. The van der Waals surface area contributed by atoms with Crippen molar-refractivity contribution in [3.63, 3.8) is 0 Å². The molecule has 3 aromatic rings. The Hall–Kier alpha value is -3.32. The summed E-state index contributed by atoms with van der Waals surface area (Å²) in [6, 6.07) is 13.3. The number of carbonyl (C=O) groups excluding carboxylic acids is 1. The van der Waals surface area contributed by atoms with E-state index in [1.54, 1.807) is 48.0 Å². The molecular formula is C19H16ClN5O2. The number of hydrogen-bond donors (Lipinski definition) is 3. The van der Waals surface area contributed by atoms with Gasteiger partial charge in [-0.25, -0.2) is 4.68 Å². The number of amides is 1. The van der Waals surface area contributed by atoms with Gasteiger partial charge in [-0.1, -0.05) is 35.9 Å². The van der Waals surface area contributed by atoms with Crippen LogP contribution in [0.5, 0.6) is 5.75 Å². The number of nitrogens with one attached hydrogen (secondary N) is 1. The van der Waals surface area contributed by atoms with Crippen molar-refractivity contribution in [2.24, 2.45) is 5.73 Å². The number of fused-ring (bicyclic) bond motifs is 1. The molecule has 2 heterocycles. The van der Waals surface area contributed by atoms with Crippen LogP contribution in [-0.2, 0) is 4.79 Å². The van der Waals surface area contributed by atoms with Crippen LogP contribution in [0, 0.1) is 0 Å². The molecule has 8 heteroatoms. The second kappa shape index (κ2) is 6.44. The van der Waals surface area contributed by atoms with Gasteiger partial charge >= 0.3 is 0 Å². The number of phenols is 1. The molecule has 27 heavy (non-hydrogen) atoms. The van der Waals surface area contributed by atoms with Crippen molar-refractivity contribution in [2.45, 2.75) is 13.0 Å². The van der Waals surface area contributed by atoms with Crippen molar-refractivity contribution in [1.29, 1.82) is 0 Å². The van der Waals surface area contributed by atoms with Gasteiger partial charge in [0.1, 0.15) is 11.8 Å². The fraction of sp³-hybridized carbons (Fsp3) is 0.105. The molecule has 1 aromatic heterocycles. The minimum absolute atomic E-state index is 0.120. The van der Waals surface area contributed by atoms with Crippen LogP contribution >= 0.6 is 11.6 Å². The van der Waals surface area contributed by atoms with E-state index in [0.717, 1.165) is 5.56 Å². The van der Waals surface area contributed by atoms with Gasteiger partial charge in [-0.3, -0.25) is 4.79 Å². The molecule has 1 unspecified atom stereocenters. The second-order valence-electron chi connectivity index (χ2n) is 6.24. The molecule has 0 aliphatic carbocycles. The van der Waals surface area contributed by atoms with E-state index >= 15 is 0 Å². The summed E-state index contributed by atoms with van der Waals surface area (Å²) in [6.07, 6.45) is 0. The molecule has 1 atom stereocenters. The number of nitrogens with zero attached hydrogens (tertiary/aromatic N) is 3. The lowest BCUT2D eigenvalue weighted by Crippen LogP contribution is -2.31. The van der Waals surface area contributed by atoms with Gasteiger partial charge in [-0.05, 0) is 36.8 Å². The zero-order valence-corrected chi connectivity index (χ0v) is 15.1. The third-order valence-electron chi connectivity index (χ3n) is 4.41. The van der Waals surface area contributed by atoms with Gasteiger partial charge in [0.25, 0.3) is 0 Å². The molecule has 0 saturated carbocycles. The molecule has 0 radical (unpaired) electrons. The van der Waals surface area contributed by atoms with Gasteiger partial charge in [0, 0.05) is 16.3 Å². The number of anilines is 1. The van der Waals surface area contributed by atoms with Gasteiger partial charge in [0.15, 0.2) is 5.82 Å². The minimum atomic E-state index is -0.542. The number of halogens is 1. The lowest BCUT2D eigenvalue weighted by Gasteiger charge is -2.27. The Morgan fingerprint density at radius 3 is 2.67 bits per heavy atom. The first-order valence-corrected chi connectivity index (χ1v) is 8.61. The highest BCUT2D eigenvalue weighted by Gasteiger charge is 2.33. The van der Waals surface area contributed by atoms with Crippen LogP contribution in [0.3, 0.4) is 0 Å². The average Bonchev–Trinajstić information content (AvgIpc) is 3.04. The number of carbonyl (C=O) groups is 1. The number of benzene rings is 2. The van der Waals surface area contributed by atoms with Gasteiger partial charge in [-0.15, -0.1) is 5.10 Å². The monoisotopic (exact) mass is 381 g/mol. The first-order chi connectivity index (χ1) is 12.9. The van der Waals surface area contributed by atoms with E-state index in [2.05, 4.69) is 15.4 Å². The normalized spacial score (nSPS) is 16.0. The molecule has 4 rings (SSSR count). The number of hydrogen-bond acceptors (Lipinski definition) is 5. The van der Waals surface area contributed by atoms with E-state index in [1.807, 2.05) is 12.1 Å². The molecule has 1 aliphatic heterocycles. The first-order valence-electron chi connectivity index (χ1n) is 8.23. The Kier molecular flexibility index (Phi) is 4.08. The van der Waals surface area contributed by atoms with Crippen molar-refractivity contribution in [2.75, 3.05) is 5.32 Å². The van der Waals surface area contributed by atoms with Crippen LogP contribution in [0.15, 0.2) is 59.8 Å². The fourth-order valence-electron chi connectivity index (χ4n) is 3.19. The van der Waals surface area contributed by atoms with Crippen molar-refractivity contribution in [1.82, 2.24) is 14.8 Å². The molecule has 1 aliphatic rings. The molecule has 1 amide bonds. The van der Waals surface area contributed by atoms with Crippen LogP contribution in [0.1, 0.15) is 18.5 Å². The average molecular weight is 382 g/mol. The standard InChI is InChI=1S/C19H16ClN5O2/c1-10-15(17(21)27)16(11-5-7-13(20)8-6-11)25-19(22-10)23-18(24-25)12-3-2-4-14(26)9-12/h2-9,16,26H,1H3,(H2,21,27)(H,22,23,24). The summed E-state index contributed by atoms with van der Waals surface area (Å²) in [5, 5.41) is 18.0. The van der Waals surface area contributed by atoms with Crippen molar-refractivity contribution >= 4 is 23.5 Å². The minimum Gasteiger partial charge on any atom is -0.508 e. The van der Waals surface area contributed by atoms with Gasteiger partial charge in [-0.2, -0.15) is 4.98 Å². The Bertz CT molecular complexity index is 1070. The van der Waals surface area contributed by atoms with E-state index in [1.165, 1.54) is 0 Å². The van der Waals surface area contributed by atoms with E-state index in [-0.39, 0.29) is 5.75 Å². The number of allylic oxidation sites excluding steroid dienone is 1. The summed E-state index contributed by atoms with van der Waals surface area (Å²) in [7, 11) is 0. The summed E-state index contributed by atoms with van der Waals surface area (Å²) in [5.41, 5.74) is 8.14. The Labute approximate surface area is 160 Å². The van der Waals surface area contributed by atoms with Crippen molar-refractivity contribution < 1.29 is 9.90 Å². The maximum atomic E-state index is 12.2. The maximum absolute atomic E-state index is 12.2. The maximum Gasteiger partial charge on any atom is 0.248 e. The lowest BCUT2D eigenvalue weighted by atomic mass is 9.95. The highest BCUT2D eigenvalue weighted by Crippen LogP contribution is 2.36. The zero-order chi connectivity index (χ0) is 19.1. The van der Waals surface area contributed by atoms with Crippen molar-refractivity contribution in [3.05, 3.63) is 70.4 Å². The third-order valence-corrected chi connectivity index (χ3v) is 4.66. The first kappa shape index (κ1) is 17.1. The molecular weight excluding hydrogens is 366 g/mol. The molecule has 4 N–H and O–H groups in total. The van der Waals surface area contributed by atoms with E-state index in [0.29, 0.717) is 33.6 Å². The predicted octanol–water partition coefficient (Wildman–Crippen LogP) is 3.08. The molecule has 0 saturated heterocycles. The highest BCUT2D eigenvalue weighted by atomic mass is 35.5. The molecule has 0 fully saturated rings. The molecule has 2 aromatic carbocycles. The van der Waals surface area contributed by atoms with Gasteiger partial charge in [0.2, 0.25) is 11.9 Å². The third kappa shape index (κ3) is 3.02. The summed E-state index contributed by atoms with van der Waals surface area (Å²) in [6.45, 7) is 1.77. The number of aromatic nitrogens is 3. The number of nitrogens with two attached hydrogens (primary N) is 1. The van der Waals surface area contributed by atoms with Crippen LogP contribution in [0.4, 0.5) is 5.95 Å². The lowest BCUT2D eigenvalue weighted by molar-refractivity contribution is -0.115. The zero-order valence-electron chi connectivity index (χ0n) is 14.3. The van der Waals surface area contributed by atoms with Gasteiger partial charge in [0.05, 0.1) is 5.57 Å². The smallest absolute Gasteiger partial charge is 0.248 e. The number of phenolic OH excluding ortho intramolecular Hbond substituents is 1. The Morgan fingerprint density at radius 1 is 1.26 bits per heavy atom. The second-order valence-corrected chi connectivity index (χ2v) is 6.67. The number of aromatic hydroxyl groups is 1. The van der Waals surface area contributed by atoms with Crippen LogP contribution in [0.25, 0.3) is 11.4 Å². The largest absolute Gasteiger partial charge is 0.508 e. The van der Waals surface area contributed by atoms with Crippen molar-refractivity contribution in [3.8, 4) is 17.1 Å². The van der Waals surface area contributed by atoms with E-state index in [9.17, 15) is 9.90 Å². The van der Waals surface area contributed by atoms with E-state index < -0.39 is 11.9 Å². The highest BCUT2D eigenvalue weighted by molar-refractivity contribution is 6.30. The summed E-state index contributed by atoms with van der Waals surface area (Å²) < 4.78 is 1.62. The molecule has 0 bridgehead atoms. The van der Waals surface area contributed by atoms with Gasteiger partial charge < -0.3 is 16.2 Å². The molecule has 7 nitrogen and oxygen atoms in total. The summed E-state index contributed by atoms with van der Waals surface area (Å²) >= 11 is 6.00. The van der Waals surface area contributed by atoms with Crippen LogP contribution in [0.2, 0.25) is 5.02 Å². The fourth-order valence-corrected chi connectivity index (χ4v) is 3.32. The summed E-state index contributed by atoms with van der Waals surface area (Å²) in [5.74, 6) is 0.483. The topological polar surface area (TPSA) is 106 Å². The quantitative estimate of drug-likeness (QED) is 0.646. The molecule has 0 spiro atoms. The Morgan fingerprint density at radius 2 is 2.00 bits per heavy atom. The van der Waals surface area contributed by atoms with Crippen LogP contribution < -0.4 is 11.1 Å². The number of primary amides is 1. The Balaban J connectivity index is 1.88.